The monoisotopic (exact) mass is 346 g/mol. The summed E-state index contributed by atoms with van der Waals surface area (Å²) in [5.41, 5.74) is 7.75. The van der Waals surface area contributed by atoms with Crippen molar-refractivity contribution in [3.63, 3.8) is 0 Å². The SMILES string of the molecule is NC(=O)Nc1ccc(C(=O)OC(c2ccccc2)c2ccccc2)cc1. The van der Waals surface area contributed by atoms with Crippen LogP contribution in [0.25, 0.3) is 0 Å². The van der Waals surface area contributed by atoms with Crippen molar-refractivity contribution in [3.05, 3.63) is 102 Å². The summed E-state index contributed by atoms with van der Waals surface area (Å²) in [6, 6.07) is 24.8. The van der Waals surface area contributed by atoms with Gasteiger partial charge in [0.05, 0.1) is 5.56 Å². The lowest BCUT2D eigenvalue weighted by Crippen LogP contribution is -2.19. The number of rotatable bonds is 5. The Hall–Kier alpha value is -3.60. The molecule has 0 fully saturated rings. The van der Waals surface area contributed by atoms with Gasteiger partial charge >= 0.3 is 12.0 Å². The first kappa shape index (κ1) is 17.2. The molecule has 5 heteroatoms. The average molecular weight is 346 g/mol. The van der Waals surface area contributed by atoms with Crippen molar-refractivity contribution in [2.45, 2.75) is 6.10 Å². The second kappa shape index (κ2) is 7.98. The van der Waals surface area contributed by atoms with E-state index in [1.165, 1.54) is 0 Å². The number of nitrogens with two attached hydrogens (primary N) is 1. The Morgan fingerprint density at radius 1 is 0.769 bits per heavy atom. The molecule has 5 nitrogen and oxygen atoms in total. The highest BCUT2D eigenvalue weighted by Gasteiger charge is 2.19. The molecule has 3 N–H and O–H groups in total. The first-order chi connectivity index (χ1) is 12.6. The van der Waals surface area contributed by atoms with Crippen LogP contribution in [-0.2, 0) is 4.74 Å². The van der Waals surface area contributed by atoms with Crippen LogP contribution in [0.4, 0.5) is 10.5 Å². The van der Waals surface area contributed by atoms with Gasteiger partial charge in [0, 0.05) is 5.69 Å². The zero-order valence-electron chi connectivity index (χ0n) is 14.0. The van der Waals surface area contributed by atoms with E-state index in [4.69, 9.17) is 10.5 Å². The Morgan fingerprint density at radius 2 is 1.27 bits per heavy atom. The van der Waals surface area contributed by atoms with Crippen LogP contribution in [0, 0.1) is 0 Å². The Balaban J connectivity index is 1.83. The molecule has 0 saturated heterocycles. The average Bonchev–Trinajstić information content (AvgIpc) is 2.67. The van der Waals surface area contributed by atoms with Crippen molar-refractivity contribution in [1.29, 1.82) is 0 Å². The highest BCUT2D eigenvalue weighted by Crippen LogP contribution is 2.27. The van der Waals surface area contributed by atoms with Gasteiger partial charge in [-0.05, 0) is 35.4 Å². The number of anilines is 1. The summed E-state index contributed by atoms with van der Waals surface area (Å²) >= 11 is 0. The predicted octanol–water partition coefficient (Wildman–Crippen LogP) is 4.12. The van der Waals surface area contributed by atoms with Crippen molar-refractivity contribution in [2.75, 3.05) is 5.32 Å². The summed E-state index contributed by atoms with van der Waals surface area (Å²) in [5.74, 6) is -0.451. The van der Waals surface area contributed by atoms with Crippen LogP contribution in [0.3, 0.4) is 0 Å². The van der Waals surface area contributed by atoms with Gasteiger partial charge in [-0.15, -0.1) is 0 Å². The van der Waals surface area contributed by atoms with E-state index in [9.17, 15) is 9.59 Å². The number of esters is 1. The summed E-state index contributed by atoms with van der Waals surface area (Å²) in [7, 11) is 0. The number of urea groups is 1. The molecule has 0 spiro atoms. The number of carbonyl (C=O) groups excluding carboxylic acids is 2. The quantitative estimate of drug-likeness (QED) is 0.682. The van der Waals surface area contributed by atoms with Gasteiger partial charge in [0.15, 0.2) is 6.10 Å². The zero-order chi connectivity index (χ0) is 18.4. The van der Waals surface area contributed by atoms with Crippen molar-refractivity contribution in [3.8, 4) is 0 Å². The van der Waals surface area contributed by atoms with Crippen LogP contribution < -0.4 is 11.1 Å². The van der Waals surface area contributed by atoms with E-state index >= 15 is 0 Å². The normalized spacial score (nSPS) is 10.3. The predicted molar refractivity (Wildman–Crippen MR) is 99.8 cm³/mol. The maximum absolute atomic E-state index is 12.6. The molecular formula is C21H18N2O3. The Labute approximate surface area is 151 Å². The van der Waals surface area contributed by atoms with Gasteiger partial charge in [0.25, 0.3) is 0 Å². The zero-order valence-corrected chi connectivity index (χ0v) is 14.0. The van der Waals surface area contributed by atoms with E-state index in [1.807, 2.05) is 60.7 Å². The molecule has 0 aliphatic carbocycles. The minimum absolute atomic E-state index is 0.386. The van der Waals surface area contributed by atoms with Crippen molar-refractivity contribution in [2.24, 2.45) is 5.73 Å². The summed E-state index contributed by atoms with van der Waals surface area (Å²) in [6.07, 6.45) is -0.506. The molecule has 0 radical (unpaired) electrons. The highest BCUT2D eigenvalue weighted by atomic mass is 16.5. The van der Waals surface area contributed by atoms with Gasteiger partial charge in [-0.3, -0.25) is 0 Å². The first-order valence-corrected chi connectivity index (χ1v) is 8.11. The van der Waals surface area contributed by atoms with Crippen LogP contribution in [0.5, 0.6) is 0 Å². The van der Waals surface area contributed by atoms with Gasteiger partial charge in [-0.1, -0.05) is 60.7 Å². The molecule has 2 amide bonds. The van der Waals surface area contributed by atoms with Crippen LogP contribution in [0.15, 0.2) is 84.9 Å². The molecule has 0 atom stereocenters. The van der Waals surface area contributed by atoms with Crippen LogP contribution >= 0.6 is 0 Å². The molecule has 3 aromatic rings. The van der Waals surface area contributed by atoms with E-state index < -0.39 is 18.1 Å². The largest absolute Gasteiger partial charge is 0.449 e. The van der Waals surface area contributed by atoms with Gasteiger partial charge in [-0.2, -0.15) is 0 Å². The molecule has 0 unspecified atom stereocenters. The Bertz CT molecular complexity index is 839. The molecule has 26 heavy (non-hydrogen) atoms. The lowest BCUT2D eigenvalue weighted by atomic mass is 10.0. The topological polar surface area (TPSA) is 81.4 Å². The van der Waals surface area contributed by atoms with E-state index in [1.54, 1.807) is 24.3 Å². The molecule has 130 valence electrons. The Kier molecular flexibility index (Phi) is 5.29. The second-order valence-corrected chi connectivity index (χ2v) is 5.67. The molecule has 0 heterocycles. The molecule has 0 aliphatic heterocycles. The summed E-state index contributed by atoms with van der Waals surface area (Å²) < 4.78 is 5.78. The maximum Gasteiger partial charge on any atom is 0.339 e. The van der Waals surface area contributed by atoms with Crippen LogP contribution in [-0.4, -0.2) is 12.0 Å². The van der Waals surface area contributed by atoms with Gasteiger partial charge < -0.3 is 15.8 Å². The van der Waals surface area contributed by atoms with E-state index in [0.717, 1.165) is 11.1 Å². The highest BCUT2D eigenvalue weighted by molar-refractivity contribution is 5.92. The molecule has 3 aromatic carbocycles. The van der Waals surface area contributed by atoms with Crippen molar-refractivity contribution < 1.29 is 14.3 Å². The number of nitrogens with one attached hydrogen (secondary N) is 1. The number of hydrogen-bond donors (Lipinski definition) is 2. The summed E-state index contributed by atoms with van der Waals surface area (Å²) in [6.45, 7) is 0. The van der Waals surface area contributed by atoms with Crippen LogP contribution in [0.1, 0.15) is 27.6 Å². The minimum atomic E-state index is -0.659. The summed E-state index contributed by atoms with van der Waals surface area (Å²) in [5, 5.41) is 2.45. The first-order valence-electron chi connectivity index (χ1n) is 8.11. The van der Waals surface area contributed by atoms with Crippen molar-refractivity contribution in [1.82, 2.24) is 0 Å². The number of hydrogen-bond acceptors (Lipinski definition) is 3. The fraction of sp³-hybridized carbons (Fsp3) is 0.0476. The second-order valence-electron chi connectivity index (χ2n) is 5.67. The van der Waals surface area contributed by atoms with Crippen molar-refractivity contribution >= 4 is 17.7 Å². The number of ether oxygens (including phenoxy) is 1. The lowest BCUT2D eigenvalue weighted by molar-refractivity contribution is 0.0378. The summed E-state index contributed by atoms with van der Waals surface area (Å²) in [4.78, 5) is 23.5. The standard InChI is InChI=1S/C21H18N2O3/c22-21(25)23-18-13-11-17(12-14-18)20(24)26-19(15-7-3-1-4-8-15)16-9-5-2-6-10-16/h1-14,19H,(H3,22,23,25). The molecule has 0 aliphatic rings. The fourth-order valence-corrected chi connectivity index (χ4v) is 2.59. The number of primary amides is 1. The third kappa shape index (κ3) is 4.27. The molecule has 0 saturated carbocycles. The number of benzene rings is 3. The molecule has 0 aromatic heterocycles. The third-order valence-corrected chi connectivity index (χ3v) is 3.82. The van der Waals surface area contributed by atoms with E-state index in [-0.39, 0.29) is 0 Å². The van der Waals surface area contributed by atoms with Gasteiger partial charge in [0.2, 0.25) is 0 Å². The van der Waals surface area contributed by atoms with E-state index in [0.29, 0.717) is 11.3 Å². The van der Waals surface area contributed by atoms with E-state index in [2.05, 4.69) is 5.32 Å². The Morgan fingerprint density at radius 3 is 1.73 bits per heavy atom. The smallest absolute Gasteiger partial charge is 0.339 e. The number of carbonyl (C=O) groups is 2. The minimum Gasteiger partial charge on any atom is -0.449 e. The lowest BCUT2D eigenvalue weighted by Gasteiger charge is -2.19. The van der Waals surface area contributed by atoms with Gasteiger partial charge in [-0.25, -0.2) is 9.59 Å². The molecule has 3 rings (SSSR count). The third-order valence-electron chi connectivity index (χ3n) is 3.82. The number of amides is 2. The fourth-order valence-electron chi connectivity index (χ4n) is 2.59. The van der Waals surface area contributed by atoms with Crippen LogP contribution in [0.2, 0.25) is 0 Å². The molecular weight excluding hydrogens is 328 g/mol. The maximum atomic E-state index is 12.6. The van der Waals surface area contributed by atoms with Gasteiger partial charge in [0.1, 0.15) is 0 Å². The molecule has 0 bridgehead atoms.